The lowest BCUT2D eigenvalue weighted by molar-refractivity contribution is -0.383. The van der Waals surface area contributed by atoms with Crippen LogP contribution in [0.3, 0.4) is 0 Å². The zero-order valence-electron chi connectivity index (χ0n) is 10.3. The first-order valence-corrected chi connectivity index (χ1v) is 7.32. The summed E-state index contributed by atoms with van der Waals surface area (Å²) in [4.78, 5) is 26.6. The van der Waals surface area contributed by atoms with Gasteiger partial charge in [0.1, 0.15) is 6.33 Å². The predicted octanol–water partition coefficient (Wildman–Crippen LogP) is 2.79. The Hall–Kier alpha value is -2.66. The second-order valence-electron chi connectivity index (χ2n) is 3.60. The van der Waals surface area contributed by atoms with Crippen LogP contribution in [-0.2, 0) is 0 Å². The fourth-order valence-corrected chi connectivity index (χ4v) is 2.56. The quantitative estimate of drug-likeness (QED) is 0.544. The number of nitrogens with one attached hydrogen (secondary N) is 2. The van der Waals surface area contributed by atoms with Crippen molar-refractivity contribution in [2.75, 3.05) is 10.6 Å². The summed E-state index contributed by atoms with van der Waals surface area (Å²) in [5.74, 6) is 0.146. The average molecular weight is 321 g/mol. The van der Waals surface area contributed by atoms with E-state index in [0.717, 1.165) is 0 Å². The SMILES string of the molecule is O=[N+]([O-])c1c(Nc2nccs2)ncnc1Nc1nccs1. The highest BCUT2D eigenvalue weighted by Crippen LogP contribution is 2.33. The summed E-state index contributed by atoms with van der Waals surface area (Å²) in [6, 6.07) is 0. The molecule has 0 saturated heterocycles. The van der Waals surface area contributed by atoms with Crippen LogP contribution in [0.4, 0.5) is 27.6 Å². The standard InChI is InChI=1S/C10H7N7O2S2/c18-17(19)6-7(15-9-11-1-3-20-9)13-5-14-8(6)16-10-12-2-4-21-10/h1-5H,(H2,11,12,13,14,15,16). The molecule has 0 saturated carbocycles. The monoisotopic (exact) mass is 321 g/mol. The summed E-state index contributed by atoms with van der Waals surface area (Å²) in [6.45, 7) is 0. The first-order chi connectivity index (χ1) is 10.2. The van der Waals surface area contributed by atoms with Crippen LogP contribution < -0.4 is 10.6 Å². The molecule has 0 radical (unpaired) electrons. The molecule has 0 atom stereocenters. The number of nitro groups is 1. The number of anilines is 4. The summed E-state index contributed by atoms with van der Waals surface area (Å²) in [6.07, 6.45) is 4.42. The Balaban J connectivity index is 1.98. The maximum absolute atomic E-state index is 11.3. The first kappa shape index (κ1) is 13.3. The second-order valence-corrected chi connectivity index (χ2v) is 5.39. The summed E-state index contributed by atoms with van der Waals surface area (Å²) >= 11 is 2.63. The highest BCUT2D eigenvalue weighted by molar-refractivity contribution is 7.14. The number of hydrogen-bond acceptors (Lipinski definition) is 10. The molecule has 0 bridgehead atoms. The normalized spacial score (nSPS) is 10.3. The van der Waals surface area contributed by atoms with Crippen molar-refractivity contribution in [3.8, 4) is 0 Å². The lowest BCUT2D eigenvalue weighted by atomic mass is 10.4. The minimum absolute atomic E-state index is 0.0732. The third-order valence-corrected chi connectivity index (χ3v) is 3.70. The van der Waals surface area contributed by atoms with E-state index in [2.05, 4.69) is 30.6 Å². The molecule has 0 aliphatic rings. The molecule has 0 unspecified atom stereocenters. The van der Waals surface area contributed by atoms with E-state index in [1.54, 1.807) is 23.2 Å². The van der Waals surface area contributed by atoms with Crippen molar-refractivity contribution in [3.05, 3.63) is 39.6 Å². The molecular formula is C10H7N7O2S2. The van der Waals surface area contributed by atoms with E-state index < -0.39 is 4.92 Å². The van der Waals surface area contributed by atoms with E-state index in [-0.39, 0.29) is 17.3 Å². The van der Waals surface area contributed by atoms with Crippen molar-refractivity contribution in [1.29, 1.82) is 0 Å². The van der Waals surface area contributed by atoms with Gasteiger partial charge in [-0.15, -0.1) is 22.7 Å². The fourth-order valence-electron chi connectivity index (χ4n) is 1.51. The lowest BCUT2D eigenvalue weighted by Gasteiger charge is -2.06. The van der Waals surface area contributed by atoms with Crippen LogP contribution in [0.25, 0.3) is 0 Å². The van der Waals surface area contributed by atoms with Gasteiger partial charge in [-0.1, -0.05) is 0 Å². The molecule has 0 fully saturated rings. The van der Waals surface area contributed by atoms with Gasteiger partial charge >= 0.3 is 5.69 Å². The maximum Gasteiger partial charge on any atom is 0.354 e. The Labute approximate surface area is 125 Å². The number of thiazole rings is 2. The van der Waals surface area contributed by atoms with Gasteiger partial charge in [0.2, 0.25) is 11.6 Å². The topological polar surface area (TPSA) is 119 Å². The lowest BCUT2D eigenvalue weighted by Crippen LogP contribution is -2.05. The van der Waals surface area contributed by atoms with Crippen LogP contribution in [0, 0.1) is 10.1 Å². The van der Waals surface area contributed by atoms with Gasteiger partial charge in [0.25, 0.3) is 0 Å². The van der Waals surface area contributed by atoms with Gasteiger partial charge in [0, 0.05) is 23.2 Å². The molecule has 0 aromatic carbocycles. The smallest absolute Gasteiger partial charge is 0.310 e. The zero-order valence-corrected chi connectivity index (χ0v) is 11.9. The Morgan fingerprint density at radius 2 is 1.48 bits per heavy atom. The van der Waals surface area contributed by atoms with Gasteiger partial charge in [0.05, 0.1) is 4.92 Å². The Morgan fingerprint density at radius 1 is 0.952 bits per heavy atom. The van der Waals surface area contributed by atoms with Crippen LogP contribution in [0.5, 0.6) is 0 Å². The third-order valence-electron chi connectivity index (χ3n) is 2.32. The molecule has 0 aliphatic carbocycles. The van der Waals surface area contributed by atoms with Gasteiger partial charge in [-0.3, -0.25) is 10.1 Å². The fraction of sp³-hybridized carbons (Fsp3) is 0. The maximum atomic E-state index is 11.3. The molecule has 0 amide bonds. The Morgan fingerprint density at radius 3 is 1.86 bits per heavy atom. The molecule has 3 aromatic heterocycles. The summed E-state index contributed by atoms with van der Waals surface area (Å²) in [5, 5.41) is 21.5. The van der Waals surface area contributed by atoms with Crippen LogP contribution in [-0.4, -0.2) is 24.9 Å². The molecule has 3 rings (SSSR count). The van der Waals surface area contributed by atoms with Crippen molar-refractivity contribution in [2.45, 2.75) is 0 Å². The van der Waals surface area contributed by atoms with E-state index in [1.807, 2.05) is 0 Å². The van der Waals surface area contributed by atoms with Crippen molar-refractivity contribution >= 4 is 50.3 Å². The number of nitrogens with zero attached hydrogens (tertiary/aromatic N) is 5. The molecule has 0 spiro atoms. The van der Waals surface area contributed by atoms with E-state index in [9.17, 15) is 10.1 Å². The van der Waals surface area contributed by atoms with Crippen molar-refractivity contribution < 1.29 is 4.92 Å². The van der Waals surface area contributed by atoms with E-state index in [1.165, 1.54) is 29.0 Å². The highest BCUT2D eigenvalue weighted by atomic mass is 32.1. The van der Waals surface area contributed by atoms with Crippen molar-refractivity contribution in [3.63, 3.8) is 0 Å². The number of aromatic nitrogens is 4. The van der Waals surface area contributed by atoms with Crippen LogP contribution >= 0.6 is 22.7 Å². The Kier molecular flexibility index (Phi) is 3.66. The molecule has 2 N–H and O–H groups in total. The van der Waals surface area contributed by atoms with E-state index in [4.69, 9.17) is 0 Å². The highest BCUT2D eigenvalue weighted by Gasteiger charge is 2.24. The summed E-state index contributed by atoms with van der Waals surface area (Å²) in [5.41, 5.74) is -0.261. The van der Waals surface area contributed by atoms with Crippen LogP contribution in [0.2, 0.25) is 0 Å². The van der Waals surface area contributed by atoms with Gasteiger partial charge in [0.15, 0.2) is 10.3 Å². The Bertz CT molecular complexity index is 690. The van der Waals surface area contributed by atoms with Crippen molar-refractivity contribution in [1.82, 2.24) is 19.9 Å². The molecule has 9 nitrogen and oxygen atoms in total. The molecule has 0 aliphatic heterocycles. The minimum atomic E-state index is -0.550. The second kappa shape index (κ2) is 5.76. The van der Waals surface area contributed by atoms with Gasteiger partial charge in [-0.2, -0.15) is 0 Å². The molecule has 3 heterocycles. The largest absolute Gasteiger partial charge is 0.354 e. The van der Waals surface area contributed by atoms with Gasteiger partial charge < -0.3 is 10.6 Å². The third kappa shape index (κ3) is 2.93. The first-order valence-electron chi connectivity index (χ1n) is 5.56. The van der Waals surface area contributed by atoms with Gasteiger partial charge in [-0.25, -0.2) is 19.9 Å². The molecule has 3 aromatic rings. The van der Waals surface area contributed by atoms with Crippen LogP contribution in [0.15, 0.2) is 29.5 Å². The summed E-state index contributed by atoms with van der Waals surface area (Å²) < 4.78 is 0. The predicted molar refractivity (Wildman–Crippen MR) is 79.5 cm³/mol. The molecular weight excluding hydrogens is 314 g/mol. The van der Waals surface area contributed by atoms with Crippen LogP contribution in [0.1, 0.15) is 0 Å². The number of rotatable bonds is 5. The molecule has 21 heavy (non-hydrogen) atoms. The van der Waals surface area contributed by atoms with E-state index in [0.29, 0.717) is 10.3 Å². The van der Waals surface area contributed by atoms with E-state index >= 15 is 0 Å². The van der Waals surface area contributed by atoms with Gasteiger partial charge in [-0.05, 0) is 0 Å². The van der Waals surface area contributed by atoms with Crippen molar-refractivity contribution in [2.24, 2.45) is 0 Å². The zero-order chi connectivity index (χ0) is 14.7. The molecule has 106 valence electrons. The molecule has 11 heteroatoms. The average Bonchev–Trinajstić information content (AvgIpc) is 3.12. The number of hydrogen-bond donors (Lipinski definition) is 2. The summed E-state index contributed by atoms with van der Waals surface area (Å²) in [7, 11) is 0. The minimum Gasteiger partial charge on any atom is -0.310 e.